The van der Waals surface area contributed by atoms with Crippen LogP contribution in [0.25, 0.3) is 28.4 Å². The first-order valence-electron chi connectivity index (χ1n) is 8.59. The molecule has 0 aliphatic rings. The standard InChI is InChI=1S/C21H18N4O2/c1-14-24-25-19(27-14)12-6-8-15-7-5-9-16(13-15)20-21(26-2)23-18-11-4-3-10-17(18)22-20/h3-11,13H,12H2,1-2H3/b8-6+. The Labute approximate surface area is 156 Å². The summed E-state index contributed by atoms with van der Waals surface area (Å²) in [6, 6.07) is 15.8. The Kier molecular flexibility index (Phi) is 4.61. The Hall–Kier alpha value is -3.54. The molecule has 0 radical (unpaired) electrons. The average molecular weight is 358 g/mol. The van der Waals surface area contributed by atoms with Crippen molar-refractivity contribution in [2.45, 2.75) is 13.3 Å². The maximum atomic E-state index is 5.47. The van der Waals surface area contributed by atoms with Crippen LogP contribution in [0.1, 0.15) is 17.3 Å². The van der Waals surface area contributed by atoms with E-state index in [-0.39, 0.29) is 0 Å². The molecule has 4 rings (SSSR count). The van der Waals surface area contributed by atoms with Crippen molar-refractivity contribution in [3.8, 4) is 17.1 Å². The van der Waals surface area contributed by atoms with E-state index in [0.29, 0.717) is 24.1 Å². The number of aromatic nitrogens is 4. The van der Waals surface area contributed by atoms with Gasteiger partial charge < -0.3 is 9.15 Å². The lowest BCUT2D eigenvalue weighted by Gasteiger charge is -2.09. The van der Waals surface area contributed by atoms with Crippen LogP contribution in [-0.2, 0) is 6.42 Å². The maximum Gasteiger partial charge on any atom is 0.240 e. The van der Waals surface area contributed by atoms with Gasteiger partial charge in [-0.15, -0.1) is 10.2 Å². The molecular formula is C21H18N4O2. The highest BCUT2D eigenvalue weighted by Gasteiger charge is 2.11. The molecule has 0 aliphatic carbocycles. The second kappa shape index (κ2) is 7.37. The van der Waals surface area contributed by atoms with Crippen LogP contribution in [0.3, 0.4) is 0 Å². The molecule has 2 aromatic carbocycles. The van der Waals surface area contributed by atoms with Crippen LogP contribution in [0.15, 0.2) is 59.0 Å². The van der Waals surface area contributed by atoms with Gasteiger partial charge in [0, 0.05) is 18.9 Å². The van der Waals surface area contributed by atoms with E-state index in [1.807, 2.05) is 54.6 Å². The second-order valence-corrected chi connectivity index (χ2v) is 6.02. The lowest BCUT2D eigenvalue weighted by Crippen LogP contribution is -1.96. The van der Waals surface area contributed by atoms with Crippen LogP contribution < -0.4 is 4.74 Å². The molecular weight excluding hydrogens is 340 g/mol. The Morgan fingerprint density at radius 2 is 1.81 bits per heavy atom. The van der Waals surface area contributed by atoms with E-state index >= 15 is 0 Å². The molecule has 6 nitrogen and oxygen atoms in total. The molecule has 0 N–H and O–H groups in total. The van der Waals surface area contributed by atoms with Gasteiger partial charge in [0.05, 0.1) is 18.1 Å². The molecule has 0 bridgehead atoms. The molecule has 2 heterocycles. The van der Waals surface area contributed by atoms with E-state index in [0.717, 1.165) is 27.9 Å². The Bertz CT molecular complexity index is 1120. The van der Waals surface area contributed by atoms with E-state index in [9.17, 15) is 0 Å². The van der Waals surface area contributed by atoms with E-state index in [1.165, 1.54) is 0 Å². The lowest BCUT2D eigenvalue weighted by molar-refractivity contribution is 0.400. The second-order valence-electron chi connectivity index (χ2n) is 6.02. The maximum absolute atomic E-state index is 5.47. The molecule has 0 atom stereocenters. The van der Waals surface area contributed by atoms with Crippen LogP contribution in [0.4, 0.5) is 0 Å². The quantitative estimate of drug-likeness (QED) is 0.531. The number of allylic oxidation sites excluding steroid dienone is 1. The number of para-hydroxylation sites is 2. The summed E-state index contributed by atoms with van der Waals surface area (Å²) in [6.45, 7) is 1.78. The Balaban J connectivity index is 1.64. The van der Waals surface area contributed by atoms with Gasteiger partial charge in [0.25, 0.3) is 0 Å². The molecule has 0 fully saturated rings. The SMILES string of the molecule is COc1nc2ccccc2nc1-c1cccc(/C=C/Cc2nnc(C)o2)c1. The molecule has 0 aliphatic heterocycles. The fourth-order valence-corrected chi connectivity index (χ4v) is 2.82. The van der Waals surface area contributed by atoms with Crippen LogP contribution in [0.2, 0.25) is 0 Å². The number of methoxy groups -OCH3 is 1. The van der Waals surface area contributed by atoms with Gasteiger partial charge in [-0.25, -0.2) is 9.97 Å². The third-order valence-electron chi connectivity index (χ3n) is 4.06. The summed E-state index contributed by atoms with van der Waals surface area (Å²) in [5, 5.41) is 7.82. The molecule has 27 heavy (non-hydrogen) atoms. The summed E-state index contributed by atoms with van der Waals surface area (Å²) in [7, 11) is 1.61. The van der Waals surface area contributed by atoms with Gasteiger partial charge in [0.1, 0.15) is 5.69 Å². The van der Waals surface area contributed by atoms with Gasteiger partial charge in [0.15, 0.2) is 0 Å². The topological polar surface area (TPSA) is 73.9 Å². The number of hydrogen-bond acceptors (Lipinski definition) is 6. The number of rotatable bonds is 5. The first-order chi connectivity index (χ1) is 13.2. The van der Waals surface area contributed by atoms with Gasteiger partial charge in [0.2, 0.25) is 17.7 Å². The predicted molar refractivity (Wildman–Crippen MR) is 103 cm³/mol. The molecule has 0 saturated heterocycles. The molecule has 134 valence electrons. The highest BCUT2D eigenvalue weighted by molar-refractivity contribution is 5.80. The van der Waals surface area contributed by atoms with Crippen molar-refractivity contribution < 1.29 is 9.15 Å². The van der Waals surface area contributed by atoms with Crippen molar-refractivity contribution in [2.24, 2.45) is 0 Å². The third kappa shape index (κ3) is 3.69. The van der Waals surface area contributed by atoms with Crippen molar-refractivity contribution in [3.63, 3.8) is 0 Å². The first-order valence-corrected chi connectivity index (χ1v) is 8.59. The molecule has 0 saturated carbocycles. The van der Waals surface area contributed by atoms with Gasteiger partial charge in [-0.05, 0) is 23.8 Å². The van der Waals surface area contributed by atoms with Gasteiger partial charge in [-0.3, -0.25) is 0 Å². The number of fused-ring (bicyclic) bond motifs is 1. The fraction of sp³-hybridized carbons (Fsp3) is 0.143. The number of hydrogen-bond donors (Lipinski definition) is 0. The zero-order chi connectivity index (χ0) is 18.6. The molecule has 6 heteroatoms. The third-order valence-corrected chi connectivity index (χ3v) is 4.06. The van der Waals surface area contributed by atoms with Crippen LogP contribution in [0.5, 0.6) is 5.88 Å². The fourth-order valence-electron chi connectivity index (χ4n) is 2.82. The van der Waals surface area contributed by atoms with E-state index in [4.69, 9.17) is 14.1 Å². The van der Waals surface area contributed by atoms with E-state index in [1.54, 1.807) is 14.0 Å². The lowest BCUT2D eigenvalue weighted by atomic mass is 10.1. The summed E-state index contributed by atoms with van der Waals surface area (Å²) in [5.74, 6) is 1.68. The van der Waals surface area contributed by atoms with Gasteiger partial charge in [-0.2, -0.15) is 0 Å². The largest absolute Gasteiger partial charge is 0.479 e. The highest BCUT2D eigenvalue weighted by atomic mass is 16.5. The van der Waals surface area contributed by atoms with E-state index < -0.39 is 0 Å². The molecule has 0 unspecified atom stereocenters. The summed E-state index contributed by atoms with van der Waals surface area (Å²) >= 11 is 0. The minimum absolute atomic E-state index is 0.510. The average Bonchev–Trinajstić information content (AvgIpc) is 3.12. The van der Waals surface area contributed by atoms with Crippen LogP contribution in [0, 0.1) is 6.92 Å². The summed E-state index contributed by atoms with van der Waals surface area (Å²) in [5.41, 5.74) is 4.35. The number of ether oxygens (including phenoxy) is 1. The molecule has 2 aromatic heterocycles. The molecule has 0 amide bonds. The minimum Gasteiger partial charge on any atom is -0.479 e. The van der Waals surface area contributed by atoms with Crippen molar-refractivity contribution in [1.82, 2.24) is 20.2 Å². The Morgan fingerprint density at radius 1 is 1.00 bits per heavy atom. The molecule has 0 spiro atoms. The first kappa shape index (κ1) is 16.9. The van der Waals surface area contributed by atoms with E-state index in [2.05, 4.69) is 21.2 Å². The minimum atomic E-state index is 0.510. The van der Waals surface area contributed by atoms with Crippen molar-refractivity contribution >= 4 is 17.1 Å². The van der Waals surface area contributed by atoms with Crippen molar-refractivity contribution in [3.05, 3.63) is 72.0 Å². The van der Waals surface area contributed by atoms with Gasteiger partial charge >= 0.3 is 0 Å². The summed E-state index contributed by atoms with van der Waals surface area (Å²) < 4.78 is 10.8. The normalized spacial score (nSPS) is 11.3. The monoisotopic (exact) mass is 358 g/mol. The number of aryl methyl sites for hydroxylation is 1. The molecule has 4 aromatic rings. The van der Waals surface area contributed by atoms with Gasteiger partial charge in [-0.1, -0.05) is 42.5 Å². The Morgan fingerprint density at radius 3 is 2.56 bits per heavy atom. The summed E-state index contributed by atoms with van der Waals surface area (Å²) in [4.78, 5) is 9.32. The van der Waals surface area contributed by atoms with Crippen LogP contribution in [-0.4, -0.2) is 27.3 Å². The summed E-state index contributed by atoms with van der Waals surface area (Å²) in [6.07, 6.45) is 4.60. The zero-order valence-electron chi connectivity index (χ0n) is 15.1. The van der Waals surface area contributed by atoms with Crippen molar-refractivity contribution in [1.29, 1.82) is 0 Å². The predicted octanol–water partition coefficient (Wildman–Crippen LogP) is 4.25. The smallest absolute Gasteiger partial charge is 0.240 e. The van der Waals surface area contributed by atoms with Crippen molar-refractivity contribution in [2.75, 3.05) is 7.11 Å². The number of benzene rings is 2. The number of nitrogens with zero attached hydrogens (tertiary/aromatic N) is 4. The zero-order valence-corrected chi connectivity index (χ0v) is 15.1. The highest BCUT2D eigenvalue weighted by Crippen LogP contribution is 2.29. The van der Waals surface area contributed by atoms with Crippen LogP contribution >= 0.6 is 0 Å².